The molecule has 1 N–H and O–H groups in total. The number of nitrogens with zero attached hydrogens (tertiary/aromatic N) is 3. The molecular formula is C21H26N4OSi. The molecule has 0 unspecified atom stereocenters. The predicted octanol–water partition coefficient (Wildman–Crippen LogP) is 5.46. The molecule has 0 radical (unpaired) electrons. The smallest absolute Gasteiger partial charge is 0.250 e. The zero-order valence-corrected chi connectivity index (χ0v) is 17.5. The second-order valence-electron chi connectivity index (χ2n) is 8.01. The van der Waals surface area contributed by atoms with E-state index in [4.69, 9.17) is 9.41 Å². The standard InChI is InChI=1S/C21H26N4OSi/c1-21(2,3)27(4,5)26-18-10-8-9-16-12-13-17(24-20(16)18)15-23-25-19-11-6-7-14-22-19/h6-15H,1-5H3,(H,22,25)/b23-15-. The number of anilines is 1. The van der Waals surface area contributed by atoms with Crippen molar-refractivity contribution in [3.05, 3.63) is 60.4 Å². The molecule has 0 aliphatic rings. The molecule has 27 heavy (non-hydrogen) atoms. The molecule has 0 fully saturated rings. The first kappa shape index (κ1) is 19.0. The topological polar surface area (TPSA) is 59.4 Å². The molecule has 0 amide bonds. The summed E-state index contributed by atoms with van der Waals surface area (Å²) in [6.45, 7) is 11.2. The zero-order chi connectivity index (χ0) is 19.5. The van der Waals surface area contributed by atoms with Crippen LogP contribution in [0.4, 0.5) is 5.82 Å². The Hall–Kier alpha value is -2.73. The fraction of sp³-hybridized carbons (Fsp3) is 0.286. The summed E-state index contributed by atoms with van der Waals surface area (Å²) in [5, 5.41) is 5.41. The zero-order valence-electron chi connectivity index (χ0n) is 16.5. The van der Waals surface area contributed by atoms with Crippen molar-refractivity contribution >= 4 is 31.3 Å². The Labute approximate surface area is 161 Å². The Bertz CT molecular complexity index is 949. The normalized spacial score (nSPS) is 12.5. The third-order valence-electron chi connectivity index (χ3n) is 4.92. The third kappa shape index (κ3) is 4.52. The minimum atomic E-state index is -1.94. The van der Waals surface area contributed by atoms with Crippen LogP contribution in [0, 0.1) is 0 Å². The van der Waals surface area contributed by atoms with Crippen LogP contribution in [0.2, 0.25) is 18.1 Å². The van der Waals surface area contributed by atoms with Crippen molar-refractivity contribution in [1.29, 1.82) is 0 Å². The molecule has 3 aromatic rings. The number of aromatic nitrogens is 2. The van der Waals surface area contributed by atoms with Gasteiger partial charge in [0.05, 0.1) is 11.9 Å². The van der Waals surface area contributed by atoms with Gasteiger partial charge < -0.3 is 4.43 Å². The lowest BCUT2D eigenvalue weighted by Crippen LogP contribution is -2.43. The summed E-state index contributed by atoms with van der Waals surface area (Å²) in [5.74, 6) is 1.53. The van der Waals surface area contributed by atoms with Crippen LogP contribution < -0.4 is 9.85 Å². The van der Waals surface area contributed by atoms with E-state index in [1.165, 1.54) is 0 Å². The first-order chi connectivity index (χ1) is 12.8. The highest BCUT2D eigenvalue weighted by Crippen LogP contribution is 2.38. The second-order valence-corrected chi connectivity index (χ2v) is 12.7. The van der Waals surface area contributed by atoms with Crippen molar-refractivity contribution in [2.24, 2.45) is 5.10 Å². The number of rotatable bonds is 5. The van der Waals surface area contributed by atoms with Gasteiger partial charge in [-0.15, -0.1) is 0 Å². The van der Waals surface area contributed by atoms with Gasteiger partial charge in [-0.3, -0.25) is 5.43 Å². The van der Waals surface area contributed by atoms with Gasteiger partial charge in [-0.25, -0.2) is 9.97 Å². The molecule has 0 saturated heterocycles. The summed E-state index contributed by atoms with van der Waals surface area (Å²) in [4.78, 5) is 8.94. The van der Waals surface area contributed by atoms with Crippen LogP contribution in [0.15, 0.2) is 59.8 Å². The highest BCUT2D eigenvalue weighted by Gasteiger charge is 2.39. The van der Waals surface area contributed by atoms with E-state index in [1.807, 2.05) is 48.5 Å². The van der Waals surface area contributed by atoms with Gasteiger partial charge >= 0.3 is 0 Å². The monoisotopic (exact) mass is 378 g/mol. The van der Waals surface area contributed by atoms with Crippen molar-refractivity contribution in [1.82, 2.24) is 9.97 Å². The molecule has 2 aromatic heterocycles. The largest absolute Gasteiger partial charge is 0.542 e. The number of hydrogen-bond acceptors (Lipinski definition) is 5. The van der Waals surface area contributed by atoms with E-state index < -0.39 is 8.32 Å². The first-order valence-electron chi connectivity index (χ1n) is 9.05. The molecule has 0 saturated carbocycles. The van der Waals surface area contributed by atoms with E-state index in [1.54, 1.807) is 12.4 Å². The van der Waals surface area contributed by atoms with Crippen LogP contribution in [0.5, 0.6) is 5.75 Å². The molecule has 6 heteroatoms. The number of para-hydroxylation sites is 1. The van der Waals surface area contributed by atoms with E-state index in [2.05, 4.69) is 49.4 Å². The molecule has 0 bridgehead atoms. The molecule has 140 valence electrons. The highest BCUT2D eigenvalue weighted by molar-refractivity contribution is 6.74. The van der Waals surface area contributed by atoms with Crippen LogP contribution in [0.25, 0.3) is 10.9 Å². The Balaban J connectivity index is 1.87. The third-order valence-corrected chi connectivity index (χ3v) is 9.26. The van der Waals surface area contributed by atoms with Crippen molar-refractivity contribution in [3.63, 3.8) is 0 Å². The fourth-order valence-corrected chi connectivity index (χ4v) is 3.33. The lowest BCUT2D eigenvalue weighted by atomic mass is 10.2. The second kappa shape index (κ2) is 7.48. The molecule has 0 aliphatic heterocycles. The average molecular weight is 379 g/mol. The van der Waals surface area contributed by atoms with Crippen LogP contribution in [0.1, 0.15) is 26.5 Å². The van der Waals surface area contributed by atoms with Crippen LogP contribution in [-0.2, 0) is 0 Å². The first-order valence-corrected chi connectivity index (χ1v) is 12.0. The molecule has 2 heterocycles. The average Bonchev–Trinajstić information content (AvgIpc) is 2.62. The van der Waals surface area contributed by atoms with Gasteiger partial charge in [-0.1, -0.05) is 45.0 Å². The summed E-state index contributed by atoms with van der Waals surface area (Å²) in [7, 11) is -1.94. The Morgan fingerprint density at radius 2 is 1.85 bits per heavy atom. The van der Waals surface area contributed by atoms with E-state index in [-0.39, 0.29) is 5.04 Å². The van der Waals surface area contributed by atoms with Crippen molar-refractivity contribution in [2.75, 3.05) is 5.43 Å². The number of fused-ring (bicyclic) bond motifs is 1. The summed E-state index contributed by atoms with van der Waals surface area (Å²) in [6, 6.07) is 15.7. The Morgan fingerprint density at radius 3 is 2.56 bits per heavy atom. The van der Waals surface area contributed by atoms with Gasteiger partial charge in [0.25, 0.3) is 8.32 Å². The molecule has 3 rings (SSSR count). The number of nitrogens with one attached hydrogen (secondary N) is 1. The number of benzene rings is 1. The van der Waals surface area contributed by atoms with E-state index in [9.17, 15) is 0 Å². The van der Waals surface area contributed by atoms with Gasteiger partial charge in [0.2, 0.25) is 0 Å². The Morgan fingerprint density at radius 1 is 1.04 bits per heavy atom. The predicted molar refractivity (Wildman–Crippen MR) is 115 cm³/mol. The highest BCUT2D eigenvalue weighted by atomic mass is 28.4. The molecular weight excluding hydrogens is 352 g/mol. The van der Waals surface area contributed by atoms with Crippen molar-refractivity contribution in [3.8, 4) is 5.75 Å². The van der Waals surface area contributed by atoms with Gasteiger partial charge in [0.15, 0.2) is 0 Å². The van der Waals surface area contributed by atoms with E-state index >= 15 is 0 Å². The molecule has 0 aliphatic carbocycles. The maximum Gasteiger partial charge on any atom is 0.250 e. The summed E-state index contributed by atoms with van der Waals surface area (Å²) in [6.07, 6.45) is 3.41. The van der Waals surface area contributed by atoms with Gasteiger partial charge in [0.1, 0.15) is 17.1 Å². The maximum atomic E-state index is 6.51. The lowest BCUT2D eigenvalue weighted by Gasteiger charge is -2.36. The molecule has 1 aromatic carbocycles. The molecule has 5 nitrogen and oxygen atoms in total. The minimum absolute atomic E-state index is 0.126. The number of pyridine rings is 2. The maximum absolute atomic E-state index is 6.51. The van der Waals surface area contributed by atoms with Gasteiger partial charge in [-0.05, 0) is 42.4 Å². The molecule has 0 spiro atoms. The lowest BCUT2D eigenvalue weighted by molar-refractivity contribution is 0.495. The summed E-state index contributed by atoms with van der Waals surface area (Å²) in [5.41, 5.74) is 4.53. The number of hydrogen-bond donors (Lipinski definition) is 1. The van der Waals surface area contributed by atoms with E-state index in [0.717, 1.165) is 22.3 Å². The van der Waals surface area contributed by atoms with Crippen molar-refractivity contribution in [2.45, 2.75) is 38.9 Å². The van der Waals surface area contributed by atoms with E-state index in [0.29, 0.717) is 5.82 Å². The summed E-state index contributed by atoms with van der Waals surface area (Å²) < 4.78 is 6.51. The summed E-state index contributed by atoms with van der Waals surface area (Å²) >= 11 is 0. The SMILES string of the molecule is CC(C)(C)[Si](C)(C)Oc1cccc2ccc(/C=N\Nc3ccccn3)nc12. The van der Waals surface area contributed by atoms with Gasteiger partial charge in [-0.2, -0.15) is 5.10 Å². The van der Waals surface area contributed by atoms with Crippen LogP contribution >= 0.6 is 0 Å². The Kier molecular flexibility index (Phi) is 5.28. The minimum Gasteiger partial charge on any atom is -0.542 e. The molecule has 0 atom stereocenters. The number of hydrazone groups is 1. The van der Waals surface area contributed by atoms with Crippen LogP contribution in [-0.4, -0.2) is 24.5 Å². The van der Waals surface area contributed by atoms with Gasteiger partial charge in [0, 0.05) is 11.6 Å². The van der Waals surface area contributed by atoms with Crippen LogP contribution in [0.3, 0.4) is 0 Å². The quantitative estimate of drug-likeness (QED) is 0.364. The fourth-order valence-electron chi connectivity index (χ4n) is 2.31. The van der Waals surface area contributed by atoms with Crippen molar-refractivity contribution < 1.29 is 4.43 Å².